The predicted molar refractivity (Wildman–Crippen MR) is 224 cm³/mol. The molecule has 7 N–H and O–H groups in total. The monoisotopic (exact) mass is 852 g/mol. The first kappa shape index (κ1) is 53.1. The third-order valence-corrected chi connectivity index (χ3v) is 9.71. The number of allylic oxidation sites excluding steroid dienone is 12. The number of ether oxygens (including phenoxy) is 6. The highest BCUT2D eigenvalue weighted by atomic mass is 16.7. The number of hydrogen-bond donors (Lipinski definition) is 7. The molecule has 0 aromatic rings. The Morgan fingerprint density at radius 1 is 0.550 bits per heavy atom. The summed E-state index contributed by atoms with van der Waals surface area (Å²) in [5.74, 6) is -1.05. The smallest absolute Gasteiger partial charge is 0.306 e. The van der Waals surface area contributed by atoms with Crippen molar-refractivity contribution in [1.29, 1.82) is 0 Å². The minimum atomic E-state index is -1.78. The lowest BCUT2D eigenvalue weighted by Gasteiger charge is -2.42. The van der Waals surface area contributed by atoms with Gasteiger partial charge in [-0.1, -0.05) is 112 Å². The Kier molecular flexibility index (Phi) is 28.9. The molecule has 0 aromatic heterocycles. The molecule has 342 valence electrons. The van der Waals surface area contributed by atoms with Gasteiger partial charge in [-0.3, -0.25) is 9.59 Å². The second-order valence-corrected chi connectivity index (χ2v) is 14.8. The van der Waals surface area contributed by atoms with Gasteiger partial charge in [0.05, 0.1) is 19.8 Å². The zero-order valence-electron chi connectivity index (χ0n) is 35.4. The van der Waals surface area contributed by atoms with Crippen LogP contribution in [0.4, 0.5) is 0 Å². The van der Waals surface area contributed by atoms with E-state index in [9.17, 15) is 45.3 Å². The number of esters is 2. The van der Waals surface area contributed by atoms with Crippen LogP contribution >= 0.6 is 0 Å². The summed E-state index contributed by atoms with van der Waals surface area (Å²) in [6, 6.07) is 0. The van der Waals surface area contributed by atoms with E-state index in [1.165, 1.54) is 0 Å². The zero-order chi connectivity index (χ0) is 44.0. The molecule has 0 aromatic carbocycles. The third-order valence-electron chi connectivity index (χ3n) is 9.71. The summed E-state index contributed by atoms with van der Waals surface area (Å²) < 4.78 is 33.1. The molecule has 2 rings (SSSR count). The fourth-order valence-corrected chi connectivity index (χ4v) is 6.12. The molecule has 2 aliphatic heterocycles. The molecule has 2 fully saturated rings. The van der Waals surface area contributed by atoms with Crippen molar-refractivity contribution in [2.75, 3.05) is 26.4 Å². The van der Waals surface area contributed by atoms with Crippen LogP contribution in [0.5, 0.6) is 0 Å². The molecule has 60 heavy (non-hydrogen) atoms. The van der Waals surface area contributed by atoms with Crippen LogP contribution in [0.3, 0.4) is 0 Å². The van der Waals surface area contributed by atoms with Crippen LogP contribution in [0, 0.1) is 0 Å². The minimum Gasteiger partial charge on any atom is -0.462 e. The first-order chi connectivity index (χ1) is 29.0. The number of aliphatic hydroxyl groups excluding tert-OH is 7. The molecule has 11 atom stereocenters. The second kappa shape index (κ2) is 32.6. The first-order valence-electron chi connectivity index (χ1n) is 21.5. The maximum atomic E-state index is 12.8. The number of unbranched alkanes of at least 4 members (excludes halogenated alkanes) is 4. The maximum Gasteiger partial charge on any atom is 0.306 e. The van der Waals surface area contributed by atoms with Gasteiger partial charge in [-0.2, -0.15) is 0 Å². The lowest BCUT2D eigenvalue weighted by molar-refractivity contribution is -0.332. The molecule has 0 bridgehead atoms. The summed E-state index contributed by atoms with van der Waals surface area (Å²) >= 11 is 0. The molecule has 0 amide bonds. The zero-order valence-corrected chi connectivity index (χ0v) is 35.4. The SMILES string of the molecule is CC/C=C\C/C=C\C/C=C\C/C=C\C/C=C\C/C=C\CCC(=O)OC(COC(=O)CCCCCCC)COC1OC(COC2OC(CO)C(O)C(O)C2O)C(O)C(O)C1O. The molecule has 11 unspecified atom stereocenters. The van der Waals surface area contributed by atoms with E-state index in [-0.39, 0.29) is 19.4 Å². The van der Waals surface area contributed by atoms with Crippen molar-refractivity contribution in [2.45, 2.75) is 171 Å². The Morgan fingerprint density at radius 2 is 1.05 bits per heavy atom. The van der Waals surface area contributed by atoms with E-state index < -0.39 is 99.3 Å². The van der Waals surface area contributed by atoms with Gasteiger partial charge < -0.3 is 64.2 Å². The van der Waals surface area contributed by atoms with Gasteiger partial charge in [0.25, 0.3) is 0 Å². The quantitative estimate of drug-likeness (QED) is 0.0309. The van der Waals surface area contributed by atoms with Crippen LogP contribution in [0.25, 0.3) is 0 Å². The summed E-state index contributed by atoms with van der Waals surface area (Å²) in [6.07, 6.45) is 18.8. The van der Waals surface area contributed by atoms with Crippen molar-refractivity contribution < 1.29 is 73.8 Å². The van der Waals surface area contributed by atoms with E-state index in [0.717, 1.165) is 57.8 Å². The second-order valence-electron chi connectivity index (χ2n) is 14.8. The Labute approximate surface area is 355 Å². The highest BCUT2D eigenvalue weighted by molar-refractivity contribution is 5.70. The summed E-state index contributed by atoms with van der Waals surface area (Å²) in [5.41, 5.74) is 0. The number of hydrogen-bond acceptors (Lipinski definition) is 15. The predicted octanol–water partition coefficient (Wildman–Crippen LogP) is 3.92. The van der Waals surface area contributed by atoms with Gasteiger partial charge in [0.2, 0.25) is 0 Å². The van der Waals surface area contributed by atoms with Crippen LogP contribution in [-0.4, -0.2) is 142 Å². The number of rotatable bonds is 30. The molecule has 15 nitrogen and oxygen atoms in total. The molecule has 2 saturated heterocycles. The average molecular weight is 853 g/mol. The highest BCUT2D eigenvalue weighted by Gasteiger charge is 2.47. The molecule has 2 heterocycles. The Morgan fingerprint density at radius 3 is 1.60 bits per heavy atom. The van der Waals surface area contributed by atoms with Crippen molar-refractivity contribution in [2.24, 2.45) is 0 Å². The van der Waals surface area contributed by atoms with Crippen LogP contribution in [0.15, 0.2) is 72.9 Å². The fourth-order valence-electron chi connectivity index (χ4n) is 6.12. The van der Waals surface area contributed by atoms with E-state index in [1.54, 1.807) is 0 Å². The largest absolute Gasteiger partial charge is 0.462 e. The molecule has 15 heteroatoms. The van der Waals surface area contributed by atoms with E-state index >= 15 is 0 Å². The van der Waals surface area contributed by atoms with Crippen molar-refractivity contribution in [3.63, 3.8) is 0 Å². The Hall–Kier alpha value is -3.06. The standard InChI is InChI=1S/C45H72O15/c1-3-5-7-9-10-11-12-13-14-15-16-17-18-19-20-21-22-24-26-28-37(48)58-33(30-55-36(47)27-25-23-8-6-4-2)31-56-44-43(54)41(52)39(50)35(60-44)32-57-45-42(53)40(51)38(49)34(29-46)59-45/h5,7,10-11,13-14,16-17,19-20,22,24,33-35,38-46,49-54H,3-4,6,8-9,12,15,18,21,23,25-32H2,1-2H3/b7-5-,11-10-,14-13-,17-16-,20-19-,24-22-. The minimum absolute atomic E-state index is 0.0366. The molecule has 0 spiro atoms. The van der Waals surface area contributed by atoms with Crippen LogP contribution in [-0.2, 0) is 38.0 Å². The van der Waals surface area contributed by atoms with Crippen molar-refractivity contribution >= 4 is 11.9 Å². The van der Waals surface area contributed by atoms with Gasteiger partial charge in [-0.25, -0.2) is 0 Å². The number of carbonyl (C=O) groups is 2. The molecule has 0 radical (unpaired) electrons. The van der Waals surface area contributed by atoms with Crippen molar-refractivity contribution in [3.05, 3.63) is 72.9 Å². The summed E-state index contributed by atoms with van der Waals surface area (Å²) in [6.45, 7) is 2.24. The lowest BCUT2D eigenvalue weighted by Crippen LogP contribution is -2.61. The number of aliphatic hydroxyl groups is 7. The van der Waals surface area contributed by atoms with E-state index in [1.807, 2.05) is 18.2 Å². The lowest BCUT2D eigenvalue weighted by atomic mass is 9.98. The van der Waals surface area contributed by atoms with Gasteiger partial charge in [0.15, 0.2) is 18.7 Å². The van der Waals surface area contributed by atoms with Gasteiger partial charge in [0.1, 0.15) is 55.4 Å². The van der Waals surface area contributed by atoms with Crippen LogP contribution < -0.4 is 0 Å². The topological polar surface area (TPSA) is 231 Å². The van der Waals surface area contributed by atoms with E-state index in [2.05, 4.69) is 68.5 Å². The van der Waals surface area contributed by atoms with Crippen molar-refractivity contribution in [3.8, 4) is 0 Å². The fraction of sp³-hybridized carbons (Fsp3) is 0.689. The first-order valence-corrected chi connectivity index (χ1v) is 21.5. The molecule has 0 aliphatic carbocycles. The van der Waals surface area contributed by atoms with Crippen LogP contribution in [0.2, 0.25) is 0 Å². The normalized spacial score (nSPS) is 28.3. The van der Waals surface area contributed by atoms with Crippen LogP contribution in [0.1, 0.15) is 104 Å². The highest BCUT2D eigenvalue weighted by Crippen LogP contribution is 2.26. The molecule has 2 aliphatic rings. The Bertz CT molecular complexity index is 1330. The van der Waals surface area contributed by atoms with Crippen molar-refractivity contribution in [1.82, 2.24) is 0 Å². The summed E-state index contributed by atoms with van der Waals surface area (Å²) in [7, 11) is 0. The van der Waals surface area contributed by atoms with Gasteiger partial charge in [-0.05, 0) is 51.4 Å². The van der Waals surface area contributed by atoms with Gasteiger partial charge in [-0.15, -0.1) is 0 Å². The van der Waals surface area contributed by atoms with E-state index in [4.69, 9.17) is 28.4 Å². The van der Waals surface area contributed by atoms with Gasteiger partial charge >= 0.3 is 11.9 Å². The summed E-state index contributed by atoms with van der Waals surface area (Å²) in [5, 5.41) is 71.6. The molecule has 0 saturated carbocycles. The molecular formula is C45H72O15. The van der Waals surface area contributed by atoms with Gasteiger partial charge in [0, 0.05) is 12.8 Å². The number of carbonyl (C=O) groups excluding carboxylic acids is 2. The maximum absolute atomic E-state index is 12.8. The van der Waals surface area contributed by atoms with E-state index in [0.29, 0.717) is 19.3 Å². The molecular weight excluding hydrogens is 780 g/mol. The third kappa shape index (κ3) is 21.6. The average Bonchev–Trinajstić information content (AvgIpc) is 3.24. The Balaban J connectivity index is 1.86. The summed E-state index contributed by atoms with van der Waals surface area (Å²) in [4.78, 5) is 25.3.